The van der Waals surface area contributed by atoms with Gasteiger partial charge in [-0.15, -0.1) is 0 Å². The minimum Gasteiger partial charge on any atom is -0.391 e. The maximum Gasteiger partial charge on any atom is 0.0735 e. The third-order valence-corrected chi connectivity index (χ3v) is 4.18. The van der Waals surface area contributed by atoms with Gasteiger partial charge in [-0.05, 0) is 51.3 Å². The number of nitrogens with zero attached hydrogens (tertiary/aromatic N) is 2. The van der Waals surface area contributed by atoms with Crippen LogP contribution in [0, 0.1) is 0 Å². The highest BCUT2D eigenvalue weighted by Gasteiger charge is 2.32. The lowest BCUT2D eigenvalue weighted by molar-refractivity contribution is 0.191. The monoisotopic (exact) mass is 341 g/mol. The maximum absolute atomic E-state index is 10.0. The SMILES string of the molecule is CNCc1cc(Br)ccc1N1CC(O)CC1CN(C)C. The lowest BCUT2D eigenvalue weighted by Crippen LogP contribution is -2.38. The van der Waals surface area contributed by atoms with Gasteiger partial charge in [0, 0.05) is 35.8 Å². The summed E-state index contributed by atoms with van der Waals surface area (Å²) in [4.78, 5) is 4.54. The molecule has 20 heavy (non-hydrogen) atoms. The highest BCUT2D eigenvalue weighted by atomic mass is 79.9. The van der Waals surface area contributed by atoms with Crippen molar-refractivity contribution in [3.63, 3.8) is 0 Å². The van der Waals surface area contributed by atoms with E-state index < -0.39 is 0 Å². The molecule has 2 rings (SSSR count). The van der Waals surface area contributed by atoms with E-state index in [2.05, 4.69) is 63.3 Å². The van der Waals surface area contributed by atoms with Gasteiger partial charge in [-0.2, -0.15) is 0 Å². The summed E-state index contributed by atoms with van der Waals surface area (Å²) in [7, 11) is 6.12. The lowest BCUT2D eigenvalue weighted by Gasteiger charge is -2.30. The van der Waals surface area contributed by atoms with Crippen LogP contribution in [0.3, 0.4) is 0 Å². The van der Waals surface area contributed by atoms with Crippen molar-refractivity contribution in [2.75, 3.05) is 39.1 Å². The van der Waals surface area contributed by atoms with Crippen LogP contribution in [0.5, 0.6) is 0 Å². The molecule has 0 aliphatic carbocycles. The van der Waals surface area contributed by atoms with E-state index in [9.17, 15) is 5.11 Å². The molecule has 1 aromatic carbocycles. The van der Waals surface area contributed by atoms with Gasteiger partial charge in [-0.25, -0.2) is 0 Å². The highest BCUT2D eigenvalue weighted by Crippen LogP contribution is 2.31. The summed E-state index contributed by atoms with van der Waals surface area (Å²) >= 11 is 3.54. The van der Waals surface area contributed by atoms with Crippen molar-refractivity contribution < 1.29 is 5.11 Å². The molecule has 0 spiro atoms. The Morgan fingerprint density at radius 3 is 2.85 bits per heavy atom. The summed E-state index contributed by atoms with van der Waals surface area (Å²) in [5.41, 5.74) is 2.49. The quantitative estimate of drug-likeness (QED) is 0.854. The van der Waals surface area contributed by atoms with Crippen molar-refractivity contribution in [2.45, 2.75) is 25.1 Å². The number of aliphatic hydroxyl groups excluding tert-OH is 1. The van der Waals surface area contributed by atoms with Crippen LogP contribution in [-0.4, -0.2) is 56.4 Å². The number of likely N-dealkylation sites (N-methyl/N-ethyl adjacent to an activating group) is 1. The Hall–Kier alpha value is -0.620. The molecular weight excluding hydrogens is 318 g/mol. The second kappa shape index (κ2) is 6.89. The van der Waals surface area contributed by atoms with Gasteiger partial charge in [0.05, 0.1) is 6.10 Å². The molecule has 1 aromatic rings. The third kappa shape index (κ3) is 3.73. The Labute approximate surface area is 129 Å². The molecule has 1 aliphatic rings. The number of hydrogen-bond acceptors (Lipinski definition) is 4. The van der Waals surface area contributed by atoms with Gasteiger partial charge in [-0.1, -0.05) is 15.9 Å². The predicted octanol–water partition coefficient (Wildman–Crippen LogP) is 1.67. The normalized spacial score (nSPS) is 22.8. The largest absolute Gasteiger partial charge is 0.391 e. The molecule has 112 valence electrons. The number of halogens is 1. The number of β-amino-alcohol motifs (C(OH)–C–C–N with tert-alkyl or cyclic N) is 1. The topological polar surface area (TPSA) is 38.7 Å². The molecule has 2 unspecified atom stereocenters. The maximum atomic E-state index is 10.0. The summed E-state index contributed by atoms with van der Waals surface area (Å²) in [5, 5.41) is 13.3. The molecule has 0 amide bonds. The standard InChI is InChI=1S/C15H24BrN3O/c1-17-8-11-6-12(16)4-5-15(11)19-10-14(20)7-13(19)9-18(2)3/h4-6,13-14,17,20H,7-10H2,1-3H3. The van der Waals surface area contributed by atoms with Crippen molar-refractivity contribution in [2.24, 2.45) is 0 Å². The predicted molar refractivity (Wildman–Crippen MR) is 87.2 cm³/mol. The molecule has 1 fully saturated rings. The van der Waals surface area contributed by atoms with Crippen LogP contribution in [0.2, 0.25) is 0 Å². The van der Waals surface area contributed by atoms with E-state index >= 15 is 0 Å². The van der Waals surface area contributed by atoms with Gasteiger partial charge >= 0.3 is 0 Å². The first-order valence-electron chi connectivity index (χ1n) is 7.03. The van der Waals surface area contributed by atoms with E-state index in [4.69, 9.17) is 0 Å². The van der Waals surface area contributed by atoms with Crippen molar-refractivity contribution in [3.05, 3.63) is 28.2 Å². The van der Waals surface area contributed by atoms with Crippen molar-refractivity contribution in [3.8, 4) is 0 Å². The Balaban J connectivity index is 2.28. The van der Waals surface area contributed by atoms with Gasteiger partial charge in [0.15, 0.2) is 0 Å². The minimum atomic E-state index is -0.231. The number of benzene rings is 1. The zero-order valence-electron chi connectivity index (χ0n) is 12.4. The van der Waals surface area contributed by atoms with E-state index in [1.54, 1.807) is 0 Å². The first-order valence-corrected chi connectivity index (χ1v) is 7.83. The Morgan fingerprint density at radius 2 is 2.20 bits per heavy atom. The molecule has 0 bridgehead atoms. The van der Waals surface area contributed by atoms with Crippen LogP contribution in [0.15, 0.2) is 22.7 Å². The van der Waals surface area contributed by atoms with Gasteiger partial charge in [-0.3, -0.25) is 0 Å². The Bertz CT molecular complexity index is 453. The molecule has 1 aliphatic heterocycles. The number of rotatable bonds is 5. The fourth-order valence-corrected chi connectivity index (χ4v) is 3.36. The van der Waals surface area contributed by atoms with Gasteiger partial charge < -0.3 is 20.2 Å². The first-order chi connectivity index (χ1) is 9.51. The fraction of sp³-hybridized carbons (Fsp3) is 0.600. The summed E-state index contributed by atoms with van der Waals surface area (Å²) in [6, 6.07) is 6.75. The molecule has 4 nitrogen and oxygen atoms in total. The molecule has 0 radical (unpaired) electrons. The average Bonchev–Trinajstić information content (AvgIpc) is 2.70. The summed E-state index contributed by atoms with van der Waals surface area (Å²) in [6.45, 7) is 2.51. The summed E-state index contributed by atoms with van der Waals surface area (Å²) in [6.07, 6.45) is 0.610. The Morgan fingerprint density at radius 1 is 1.45 bits per heavy atom. The van der Waals surface area contributed by atoms with E-state index in [1.165, 1.54) is 11.3 Å². The van der Waals surface area contributed by atoms with Gasteiger partial charge in [0.25, 0.3) is 0 Å². The first kappa shape index (κ1) is 15.8. The second-order valence-electron chi connectivity index (χ2n) is 5.76. The molecule has 1 heterocycles. The third-order valence-electron chi connectivity index (χ3n) is 3.69. The van der Waals surface area contributed by atoms with Crippen molar-refractivity contribution in [1.29, 1.82) is 0 Å². The molecule has 1 saturated heterocycles. The lowest BCUT2D eigenvalue weighted by atomic mass is 10.1. The van der Waals surface area contributed by atoms with E-state index in [1.807, 2.05) is 7.05 Å². The van der Waals surface area contributed by atoms with Crippen LogP contribution in [0.25, 0.3) is 0 Å². The smallest absolute Gasteiger partial charge is 0.0735 e. The van der Waals surface area contributed by atoms with E-state index in [0.717, 1.165) is 30.5 Å². The van der Waals surface area contributed by atoms with Crippen LogP contribution in [-0.2, 0) is 6.54 Å². The van der Waals surface area contributed by atoms with E-state index in [-0.39, 0.29) is 6.10 Å². The zero-order valence-corrected chi connectivity index (χ0v) is 14.0. The number of anilines is 1. The summed E-state index contributed by atoms with van der Waals surface area (Å²) < 4.78 is 1.09. The van der Waals surface area contributed by atoms with Gasteiger partial charge in [0.1, 0.15) is 0 Å². The van der Waals surface area contributed by atoms with E-state index in [0.29, 0.717) is 6.04 Å². The molecule has 0 aromatic heterocycles. The molecular formula is C15H24BrN3O. The molecule has 0 saturated carbocycles. The minimum absolute atomic E-state index is 0.231. The number of hydrogen-bond donors (Lipinski definition) is 2. The molecule has 5 heteroatoms. The van der Waals surface area contributed by atoms with Gasteiger partial charge in [0.2, 0.25) is 0 Å². The van der Waals surface area contributed by atoms with Crippen LogP contribution in [0.1, 0.15) is 12.0 Å². The van der Waals surface area contributed by atoms with Crippen LogP contribution in [0.4, 0.5) is 5.69 Å². The van der Waals surface area contributed by atoms with Crippen LogP contribution < -0.4 is 10.2 Å². The molecule has 2 atom stereocenters. The zero-order chi connectivity index (χ0) is 14.7. The highest BCUT2D eigenvalue weighted by molar-refractivity contribution is 9.10. The number of nitrogens with one attached hydrogen (secondary N) is 1. The average molecular weight is 342 g/mol. The number of aliphatic hydroxyl groups is 1. The fourth-order valence-electron chi connectivity index (χ4n) is 2.95. The van der Waals surface area contributed by atoms with Crippen LogP contribution >= 0.6 is 15.9 Å². The van der Waals surface area contributed by atoms with Crippen molar-refractivity contribution in [1.82, 2.24) is 10.2 Å². The Kier molecular flexibility index (Phi) is 5.43. The van der Waals surface area contributed by atoms with Crippen molar-refractivity contribution >= 4 is 21.6 Å². The molecule has 2 N–H and O–H groups in total. The second-order valence-corrected chi connectivity index (χ2v) is 6.68. The summed E-state index contributed by atoms with van der Waals surface area (Å²) in [5.74, 6) is 0.